The largest absolute Gasteiger partial charge is 0.455 e. The number of furan rings is 1. The third kappa shape index (κ3) is 5.04. The van der Waals surface area contributed by atoms with Crippen LogP contribution in [0.1, 0.15) is 0 Å². The minimum absolute atomic E-state index is 0.572. The van der Waals surface area contributed by atoms with Crippen LogP contribution in [0.25, 0.3) is 108 Å². The van der Waals surface area contributed by atoms with Crippen molar-refractivity contribution in [3.63, 3.8) is 0 Å². The maximum atomic E-state index is 6.45. The number of hydrogen-bond donors (Lipinski definition) is 0. The molecule has 0 radical (unpaired) electrons. The van der Waals surface area contributed by atoms with E-state index in [9.17, 15) is 0 Å². The van der Waals surface area contributed by atoms with E-state index in [1.54, 1.807) is 22.7 Å². The van der Waals surface area contributed by atoms with E-state index >= 15 is 0 Å². The van der Waals surface area contributed by atoms with Crippen molar-refractivity contribution >= 4 is 75.0 Å². The summed E-state index contributed by atoms with van der Waals surface area (Å²) in [5, 5.41) is 5.43. The molecule has 0 saturated carbocycles. The average Bonchev–Trinajstić information content (AvgIpc) is 3.94. The molecular weight excluding hydrogens is 689 g/mol. The van der Waals surface area contributed by atoms with E-state index in [-0.39, 0.29) is 0 Å². The summed E-state index contributed by atoms with van der Waals surface area (Å²) in [4.78, 5) is 20.4. The summed E-state index contributed by atoms with van der Waals surface area (Å²) in [6, 6.07) is 54.6. The molecule has 0 aliphatic carbocycles. The van der Waals surface area contributed by atoms with Gasteiger partial charge in [0, 0.05) is 47.6 Å². The molecule has 11 rings (SSSR count). The molecule has 0 saturated heterocycles. The Morgan fingerprint density at radius 2 is 1.08 bits per heavy atom. The van der Waals surface area contributed by atoms with Crippen LogP contribution in [0.4, 0.5) is 0 Å². The monoisotopic (exact) mass is 714 g/mol. The highest BCUT2D eigenvalue weighted by Crippen LogP contribution is 2.42. The Bertz CT molecular complexity index is 3160. The van der Waals surface area contributed by atoms with Crippen LogP contribution in [0.2, 0.25) is 0 Å². The average molecular weight is 715 g/mol. The molecule has 0 N–H and O–H groups in total. The minimum Gasteiger partial charge on any atom is -0.455 e. The predicted molar refractivity (Wildman–Crippen MR) is 220 cm³/mol. The molecule has 0 unspecified atom stereocenters. The van der Waals surface area contributed by atoms with E-state index in [0.717, 1.165) is 71.2 Å². The molecule has 5 nitrogen and oxygen atoms in total. The fourth-order valence-electron chi connectivity index (χ4n) is 7.28. The Morgan fingerprint density at radius 1 is 0.396 bits per heavy atom. The Balaban J connectivity index is 1.10. The van der Waals surface area contributed by atoms with Crippen molar-refractivity contribution in [1.82, 2.24) is 19.9 Å². The van der Waals surface area contributed by atoms with E-state index in [1.165, 1.54) is 19.5 Å². The first kappa shape index (κ1) is 30.1. The number of hydrogen-bond acceptors (Lipinski definition) is 7. The lowest BCUT2D eigenvalue weighted by molar-refractivity contribution is 0.669. The third-order valence-electron chi connectivity index (χ3n) is 9.79. The number of benzene rings is 7. The first-order chi connectivity index (χ1) is 26.2. The van der Waals surface area contributed by atoms with Gasteiger partial charge in [-0.15, -0.1) is 22.7 Å². The standard InChI is InChI=1S/C46H26N4OS2/c1-2-11-27(12-3-1)43-48-44(50-45(49-43)34-18-9-16-32-31-15-4-6-20-37(31)51-42(32)34)33-17-10-22-40-41(33)35-26-29(23-24-38(35)52-40)28-13-8-14-30(25-28)46-47-36-19-5-7-21-39(36)53-46/h1-26H. The van der Waals surface area contributed by atoms with Gasteiger partial charge in [-0.05, 0) is 59.7 Å². The van der Waals surface area contributed by atoms with Crippen LogP contribution in [-0.4, -0.2) is 19.9 Å². The number of fused-ring (bicyclic) bond motifs is 7. The topological polar surface area (TPSA) is 64.7 Å². The van der Waals surface area contributed by atoms with E-state index < -0.39 is 0 Å². The van der Waals surface area contributed by atoms with Gasteiger partial charge in [-0.1, -0.05) is 109 Å². The van der Waals surface area contributed by atoms with Crippen molar-refractivity contribution < 1.29 is 4.42 Å². The van der Waals surface area contributed by atoms with Crippen molar-refractivity contribution in [3.05, 3.63) is 158 Å². The molecule has 4 aromatic heterocycles. The molecule has 0 aliphatic rings. The highest BCUT2D eigenvalue weighted by atomic mass is 32.1. The maximum Gasteiger partial charge on any atom is 0.167 e. The minimum atomic E-state index is 0.572. The van der Waals surface area contributed by atoms with E-state index in [1.807, 2.05) is 66.7 Å². The van der Waals surface area contributed by atoms with Gasteiger partial charge in [0.1, 0.15) is 16.2 Å². The van der Waals surface area contributed by atoms with Crippen LogP contribution in [-0.2, 0) is 0 Å². The Hall–Kier alpha value is -6.54. The zero-order chi connectivity index (χ0) is 34.9. The summed E-state index contributed by atoms with van der Waals surface area (Å²) >= 11 is 3.51. The van der Waals surface area contributed by atoms with Crippen LogP contribution < -0.4 is 0 Å². The molecule has 0 bridgehead atoms. The number of rotatable bonds is 5. The molecule has 0 atom stereocenters. The molecule has 7 aromatic carbocycles. The highest BCUT2D eigenvalue weighted by Gasteiger charge is 2.20. The summed E-state index contributed by atoms with van der Waals surface area (Å²) in [7, 11) is 0. The van der Waals surface area contributed by atoms with E-state index in [4.69, 9.17) is 24.4 Å². The van der Waals surface area contributed by atoms with Crippen LogP contribution in [0.3, 0.4) is 0 Å². The molecule has 53 heavy (non-hydrogen) atoms. The number of thiophene rings is 1. The highest BCUT2D eigenvalue weighted by molar-refractivity contribution is 7.26. The van der Waals surface area contributed by atoms with Crippen molar-refractivity contribution in [1.29, 1.82) is 0 Å². The van der Waals surface area contributed by atoms with Crippen LogP contribution in [0.15, 0.2) is 162 Å². The van der Waals surface area contributed by atoms with Gasteiger partial charge in [0.2, 0.25) is 0 Å². The molecular formula is C46H26N4OS2. The van der Waals surface area contributed by atoms with Crippen molar-refractivity contribution in [2.75, 3.05) is 0 Å². The van der Waals surface area contributed by atoms with Crippen molar-refractivity contribution in [3.8, 4) is 55.9 Å². The third-order valence-corrected chi connectivity index (χ3v) is 12.0. The Labute approximate surface area is 311 Å². The summed E-state index contributed by atoms with van der Waals surface area (Å²) < 4.78 is 10.0. The zero-order valence-corrected chi connectivity index (χ0v) is 29.7. The number of aromatic nitrogens is 4. The van der Waals surface area contributed by atoms with Crippen LogP contribution >= 0.6 is 22.7 Å². The second-order valence-electron chi connectivity index (χ2n) is 13.0. The quantitative estimate of drug-likeness (QED) is 0.178. The van der Waals surface area contributed by atoms with Crippen LogP contribution in [0.5, 0.6) is 0 Å². The molecule has 7 heteroatoms. The fraction of sp³-hybridized carbons (Fsp3) is 0. The van der Waals surface area contributed by atoms with Crippen molar-refractivity contribution in [2.24, 2.45) is 0 Å². The van der Waals surface area contributed by atoms with Gasteiger partial charge in [-0.25, -0.2) is 19.9 Å². The lowest BCUT2D eigenvalue weighted by Crippen LogP contribution is -2.00. The molecule has 0 spiro atoms. The molecule has 11 aromatic rings. The lowest BCUT2D eigenvalue weighted by Gasteiger charge is -2.10. The molecule has 0 aliphatic heterocycles. The molecule has 0 fully saturated rings. The zero-order valence-electron chi connectivity index (χ0n) is 28.0. The Morgan fingerprint density at radius 3 is 2.00 bits per heavy atom. The first-order valence-corrected chi connectivity index (χ1v) is 19.0. The Kier molecular flexibility index (Phi) is 6.83. The van der Waals surface area contributed by atoms with Gasteiger partial charge < -0.3 is 4.42 Å². The number of thiazole rings is 1. The normalized spacial score (nSPS) is 11.8. The van der Waals surface area contributed by atoms with Crippen LogP contribution in [0, 0.1) is 0 Å². The van der Waals surface area contributed by atoms with Crippen molar-refractivity contribution in [2.45, 2.75) is 0 Å². The smallest absolute Gasteiger partial charge is 0.167 e. The van der Waals surface area contributed by atoms with Gasteiger partial charge in [-0.3, -0.25) is 0 Å². The summed E-state index contributed by atoms with van der Waals surface area (Å²) in [6.45, 7) is 0. The second kappa shape index (κ2) is 12.0. The summed E-state index contributed by atoms with van der Waals surface area (Å²) in [5.74, 6) is 1.81. The lowest BCUT2D eigenvalue weighted by atomic mass is 9.99. The number of para-hydroxylation sites is 3. The van der Waals surface area contributed by atoms with E-state index in [2.05, 4.69) is 91.0 Å². The summed E-state index contributed by atoms with van der Waals surface area (Å²) in [5.41, 5.74) is 8.76. The molecule has 248 valence electrons. The summed E-state index contributed by atoms with van der Waals surface area (Å²) in [6.07, 6.45) is 0. The van der Waals surface area contributed by atoms with Gasteiger partial charge in [-0.2, -0.15) is 0 Å². The van der Waals surface area contributed by atoms with Gasteiger partial charge in [0.15, 0.2) is 17.5 Å². The maximum absolute atomic E-state index is 6.45. The van der Waals surface area contributed by atoms with Gasteiger partial charge in [0.05, 0.1) is 15.8 Å². The predicted octanol–water partition coefficient (Wildman–Crippen LogP) is 13.1. The van der Waals surface area contributed by atoms with Gasteiger partial charge >= 0.3 is 0 Å². The first-order valence-electron chi connectivity index (χ1n) is 17.4. The van der Waals surface area contributed by atoms with Gasteiger partial charge in [0.25, 0.3) is 0 Å². The number of nitrogens with zero attached hydrogens (tertiary/aromatic N) is 4. The van der Waals surface area contributed by atoms with E-state index in [0.29, 0.717) is 17.5 Å². The fourth-order valence-corrected chi connectivity index (χ4v) is 9.35. The second-order valence-corrected chi connectivity index (χ2v) is 15.1. The SMILES string of the molecule is c1ccc(-c2nc(-c3cccc4c3oc3ccccc34)nc(-c3cccc4sc5ccc(-c6cccc(-c7nc8ccccc8s7)c6)cc5c34)n2)cc1. The molecule has 0 amide bonds. The molecule has 4 heterocycles.